The summed E-state index contributed by atoms with van der Waals surface area (Å²) in [7, 11) is 2.33. The number of hydrogen-bond acceptors (Lipinski definition) is 7. The highest BCUT2D eigenvalue weighted by Gasteiger charge is 2.35. The molecule has 4 aromatic rings. The number of nitrogens with one attached hydrogen (secondary N) is 1. The van der Waals surface area contributed by atoms with E-state index in [0.29, 0.717) is 15.1 Å². The Labute approximate surface area is 233 Å². The van der Waals surface area contributed by atoms with Gasteiger partial charge in [-0.25, -0.2) is 9.59 Å². The molecule has 2 aromatic heterocycles. The zero-order valence-electron chi connectivity index (χ0n) is 21.1. The number of alkyl halides is 6. The Kier molecular flexibility index (Phi) is 11.1. The zero-order chi connectivity index (χ0) is 30.8. The average molecular weight is 607 g/mol. The smallest absolute Gasteiger partial charge is 0.415 e. The van der Waals surface area contributed by atoms with Gasteiger partial charge in [0.05, 0.1) is 0 Å². The number of nitrogens with zero attached hydrogens (tertiary/aromatic N) is 4. The van der Waals surface area contributed by atoms with Crippen molar-refractivity contribution in [3.63, 3.8) is 0 Å². The highest BCUT2D eigenvalue weighted by Crippen LogP contribution is 2.31. The molecule has 220 valence electrons. The van der Waals surface area contributed by atoms with Gasteiger partial charge in [-0.3, -0.25) is 14.7 Å². The molecule has 0 saturated heterocycles. The van der Waals surface area contributed by atoms with Crippen molar-refractivity contribution in [2.75, 3.05) is 11.1 Å². The summed E-state index contributed by atoms with van der Waals surface area (Å²) in [6.45, 7) is 0. The number of carbonyl (C=O) groups is 2. The SMILES string of the molecule is Cn1nc(N)cc1C(F)(F)F.Cn1nc(NC(=O)Oc2ccccc2)cc1C(F)(F)F.O=C(Cl)Oc1ccccc1. The van der Waals surface area contributed by atoms with Crippen molar-refractivity contribution in [3.8, 4) is 11.5 Å². The van der Waals surface area contributed by atoms with Crippen LogP contribution in [0, 0.1) is 0 Å². The molecule has 0 radical (unpaired) electrons. The van der Waals surface area contributed by atoms with E-state index < -0.39 is 35.3 Å². The lowest BCUT2D eigenvalue weighted by molar-refractivity contribution is -0.144. The second-order valence-electron chi connectivity index (χ2n) is 7.59. The van der Waals surface area contributed by atoms with Gasteiger partial charge in [-0.2, -0.15) is 36.5 Å². The van der Waals surface area contributed by atoms with Crippen LogP contribution in [0.1, 0.15) is 11.4 Å². The Balaban J connectivity index is 0.000000236. The number of hydrogen-bond donors (Lipinski definition) is 2. The van der Waals surface area contributed by atoms with Gasteiger partial charge in [0.25, 0.3) is 0 Å². The van der Waals surface area contributed by atoms with Crippen molar-refractivity contribution >= 4 is 34.8 Å². The maximum atomic E-state index is 12.5. The summed E-state index contributed by atoms with van der Waals surface area (Å²) < 4.78 is 84.2. The topological polar surface area (TPSA) is 126 Å². The summed E-state index contributed by atoms with van der Waals surface area (Å²) in [4.78, 5) is 21.6. The predicted octanol–water partition coefficient (Wildman–Crippen LogP) is 6.50. The minimum absolute atomic E-state index is 0.125. The highest BCUT2D eigenvalue weighted by atomic mass is 35.5. The van der Waals surface area contributed by atoms with Crippen LogP contribution in [0.4, 0.5) is 47.6 Å². The van der Waals surface area contributed by atoms with E-state index in [4.69, 9.17) is 22.1 Å². The normalized spacial score (nSPS) is 10.9. The maximum absolute atomic E-state index is 12.5. The highest BCUT2D eigenvalue weighted by molar-refractivity contribution is 6.61. The number of carbonyl (C=O) groups excluding carboxylic acids is 2. The quantitative estimate of drug-likeness (QED) is 0.201. The number of nitrogen functional groups attached to an aromatic ring is 1. The zero-order valence-corrected chi connectivity index (χ0v) is 21.8. The van der Waals surface area contributed by atoms with Gasteiger partial charge in [0.2, 0.25) is 0 Å². The van der Waals surface area contributed by atoms with Gasteiger partial charge in [-0.15, -0.1) is 0 Å². The van der Waals surface area contributed by atoms with Gasteiger partial charge < -0.3 is 15.2 Å². The number of amides is 1. The van der Waals surface area contributed by atoms with Crippen LogP contribution in [0.5, 0.6) is 11.5 Å². The number of benzene rings is 2. The first-order valence-electron chi connectivity index (χ1n) is 11.0. The van der Waals surface area contributed by atoms with Crippen LogP contribution in [0.25, 0.3) is 0 Å². The van der Waals surface area contributed by atoms with Crippen molar-refractivity contribution < 1.29 is 45.4 Å². The fourth-order valence-electron chi connectivity index (χ4n) is 2.86. The van der Waals surface area contributed by atoms with Crippen LogP contribution in [-0.4, -0.2) is 31.1 Å². The molecule has 0 spiro atoms. The molecule has 0 saturated carbocycles. The number of aromatic nitrogens is 4. The first-order valence-corrected chi connectivity index (χ1v) is 11.4. The number of aryl methyl sites for hydroxylation is 2. The van der Waals surface area contributed by atoms with Gasteiger partial charge in [0.1, 0.15) is 28.7 Å². The number of para-hydroxylation sites is 2. The van der Waals surface area contributed by atoms with Crippen LogP contribution in [0.2, 0.25) is 0 Å². The lowest BCUT2D eigenvalue weighted by Crippen LogP contribution is -2.17. The van der Waals surface area contributed by atoms with Crippen molar-refractivity contribution in [3.05, 3.63) is 84.2 Å². The Bertz CT molecular complexity index is 1430. The predicted molar refractivity (Wildman–Crippen MR) is 135 cm³/mol. The number of rotatable bonds is 3. The summed E-state index contributed by atoms with van der Waals surface area (Å²) in [5.74, 6) is 0.375. The standard InChI is InChI=1S/C12H10F3N3O2.C7H5ClO2.C5H6F3N3/c1-18-9(12(13,14)15)7-10(17-18)16-11(19)20-8-5-3-2-4-6-8;8-7(9)10-6-4-2-1-3-5-6;1-11-3(5(6,7)8)2-4(9)10-11/h2-7H,1H3,(H,16,17,19);1-5H;2H,1H3,(H2,9,10). The molecule has 41 heavy (non-hydrogen) atoms. The minimum atomic E-state index is -4.54. The van der Waals surface area contributed by atoms with E-state index in [-0.39, 0.29) is 17.4 Å². The summed E-state index contributed by atoms with van der Waals surface area (Å²) in [5.41, 5.74) is 2.43. The molecule has 0 unspecified atom stereocenters. The lowest BCUT2D eigenvalue weighted by Gasteiger charge is -2.04. The van der Waals surface area contributed by atoms with E-state index >= 15 is 0 Å². The third-order valence-electron chi connectivity index (χ3n) is 4.48. The molecule has 0 fully saturated rings. The lowest BCUT2D eigenvalue weighted by atomic mass is 10.3. The van der Waals surface area contributed by atoms with E-state index in [2.05, 4.69) is 20.3 Å². The molecule has 0 atom stereocenters. The van der Waals surface area contributed by atoms with Gasteiger partial charge in [0.15, 0.2) is 5.82 Å². The van der Waals surface area contributed by atoms with Crippen molar-refractivity contribution in [2.45, 2.75) is 12.4 Å². The van der Waals surface area contributed by atoms with Crippen molar-refractivity contribution in [2.24, 2.45) is 14.1 Å². The molecule has 0 aliphatic rings. The van der Waals surface area contributed by atoms with Gasteiger partial charge in [-0.05, 0) is 24.3 Å². The molecule has 2 heterocycles. The molecule has 17 heteroatoms. The third kappa shape index (κ3) is 11.1. The fraction of sp³-hybridized carbons (Fsp3) is 0.167. The Morgan fingerprint density at radius 1 is 0.780 bits per heavy atom. The minimum Gasteiger partial charge on any atom is -0.415 e. The monoisotopic (exact) mass is 606 g/mol. The Hall–Kier alpha value is -4.73. The Morgan fingerprint density at radius 2 is 1.22 bits per heavy atom. The molecule has 0 aliphatic carbocycles. The molecule has 3 N–H and O–H groups in total. The number of halogens is 7. The first kappa shape index (κ1) is 32.5. The van der Waals surface area contributed by atoms with Gasteiger partial charge >= 0.3 is 23.9 Å². The van der Waals surface area contributed by atoms with Crippen LogP contribution >= 0.6 is 11.6 Å². The number of nitrogens with two attached hydrogens (primary N) is 1. The van der Waals surface area contributed by atoms with E-state index in [0.717, 1.165) is 19.2 Å². The third-order valence-corrected chi connectivity index (χ3v) is 4.56. The first-order chi connectivity index (χ1) is 19.1. The molecule has 0 aliphatic heterocycles. The van der Waals surface area contributed by atoms with Crippen LogP contribution < -0.4 is 20.5 Å². The molecule has 1 amide bonds. The molecule has 2 aromatic carbocycles. The molecular weight excluding hydrogens is 586 g/mol. The van der Waals surface area contributed by atoms with E-state index in [1.807, 2.05) is 6.07 Å². The molecule has 10 nitrogen and oxygen atoms in total. The van der Waals surface area contributed by atoms with Gasteiger partial charge in [0, 0.05) is 37.8 Å². The summed E-state index contributed by atoms with van der Waals surface area (Å²) in [6.07, 6.45) is -9.83. The van der Waals surface area contributed by atoms with Crippen molar-refractivity contribution in [1.29, 1.82) is 0 Å². The Morgan fingerprint density at radius 3 is 1.59 bits per heavy atom. The fourth-order valence-corrected chi connectivity index (χ4v) is 2.94. The summed E-state index contributed by atoms with van der Waals surface area (Å²) in [6, 6.07) is 18.3. The van der Waals surface area contributed by atoms with E-state index in [1.54, 1.807) is 54.6 Å². The van der Waals surface area contributed by atoms with Gasteiger partial charge in [-0.1, -0.05) is 36.4 Å². The average Bonchev–Trinajstić information content (AvgIpc) is 3.41. The second-order valence-corrected chi connectivity index (χ2v) is 7.90. The maximum Gasteiger partial charge on any atom is 0.433 e. The number of anilines is 2. The molecular formula is C24H21ClF6N6O4. The molecule has 0 bridgehead atoms. The van der Waals surface area contributed by atoms with E-state index in [9.17, 15) is 35.9 Å². The van der Waals surface area contributed by atoms with Crippen LogP contribution in [0.15, 0.2) is 72.8 Å². The summed E-state index contributed by atoms with van der Waals surface area (Å²) >= 11 is 4.95. The largest absolute Gasteiger partial charge is 0.433 e. The number of ether oxygens (including phenoxy) is 2. The molecule has 4 rings (SSSR count). The van der Waals surface area contributed by atoms with Crippen LogP contribution in [0.3, 0.4) is 0 Å². The second kappa shape index (κ2) is 14.1. The summed E-state index contributed by atoms with van der Waals surface area (Å²) in [5, 5.41) is 9.03. The van der Waals surface area contributed by atoms with Crippen LogP contribution in [-0.2, 0) is 26.4 Å². The van der Waals surface area contributed by atoms with Crippen molar-refractivity contribution in [1.82, 2.24) is 19.6 Å². The van der Waals surface area contributed by atoms with E-state index in [1.165, 1.54) is 7.05 Å².